The van der Waals surface area contributed by atoms with Crippen molar-refractivity contribution in [1.29, 1.82) is 0 Å². The van der Waals surface area contributed by atoms with Crippen LogP contribution >= 0.6 is 0 Å². The normalized spacial score (nSPS) is 11.4. The molecule has 0 radical (unpaired) electrons. The molecule has 0 saturated carbocycles. The van der Waals surface area contributed by atoms with Crippen molar-refractivity contribution in [2.45, 2.75) is 26.0 Å². The third-order valence-corrected chi connectivity index (χ3v) is 4.71. The van der Waals surface area contributed by atoms with Gasteiger partial charge < -0.3 is 19.5 Å². The summed E-state index contributed by atoms with van der Waals surface area (Å²) in [6, 6.07) is 16.8. The van der Waals surface area contributed by atoms with Gasteiger partial charge in [-0.1, -0.05) is 18.2 Å². The summed E-state index contributed by atoms with van der Waals surface area (Å²) >= 11 is 0. The summed E-state index contributed by atoms with van der Waals surface area (Å²) in [5.74, 6) is 1.94. The largest absolute Gasteiger partial charge is 0.497 e. The van der Waals surface area contributed by atoms with Crippen LogP contribution in [0.4, 0.5) is 0 Å². The second kappa shape index (κ2) is 10.3. The third kappa shape index (κ3) is 5.73. The van der Waals surface area contributed by atoms with E-state index < -0.39 is 0 Å². The van der Waals surface area contributed by atoms with Gasteiger partial charge >= 0.3 is 0 Å². The van der Waals surface area contributed by atoms with Crippen LogP contribution in [0.15, 0.2) is 67.0 Å². The van der Waals surface area contributed by atoms with Gasteiger partial charge in [0.1, 0.15) is 12.4 Å². The molecule has 0 fully saturated rings. The predicted octanol–water partition coefficient (Wildman–Crippen LogP) is 4.10. The number of hydrogen-bond acceptors (Lipinski definition) is 5. The van der Waals surface area contributed by atoms with Gasteiger partial charge in [0, 0.05) is 12.4 Å². The molecule has 1 aromatic heterocycles. The Bertz CT molecular complexity index is 976. The molecule has 1 atom stereocenters. The number of hydrogen-bond donors (Lipinski definition) is 1. The number of carbonyl (C=O) groups is 1. The van der Waals surface area contributed by atoms with E-state index in [-0.39, 0.29) is 18.4 Å². The van der Waals surface area contributed by atoms with Gasteiger partial charge in [-0.15, -0.1) is 0 Å². The van der Waals surface area contributed by atoms with Crippen LogP contribution in [-0.2, 0) is 17.8 Å². The lowest BCUT2D eigenvalue weighted by Gasteiger charge is -2.17. The second-order valence-corrected chi connectivity index (χ2v) is 6.87. The number of nitrogens with zero attached hydrogens (tertiary/aromatic N) is 1. The van der Waals surface area contributed by atoms with E-state index in [0.717, 1.165) is 22.4 Å². The number of ether oxygens (including phenoxy) is 3. The Labute approximate surface area is 176 Å². The van der Waals surface area contributed by atoms with E-state index in [9.17, 15) is 4.79 Å². The lowest BCUT2D eigenvalue weighted by atomic mass is 10.1. The minimum Gasteiger partial charge on any atom is -0.497 e. The topological polar surface area (TPSA) is 69.7 Å². The average Bonchev–Trinajstić information content (AvgIpc) is 2.78. The van der Waals surface area contributed by atoms with Crippen molar-refractivity contribution in [3.8, 4) is 17.2 Å². The SMILES string of the molecule is COc1cccc(CC(=O)NC(C)c2ccc(OCc3ccncc3)c(OC)c2)c1. The Hall–Kier alpha value is -3.54. The van der Waals surface area contributed by atoms with Crippen LogP contribution < -0.4 is 19.5 Å². The molecule has 1 heterocycles. The molecule has 2 aromatic carbocycles. The van der Waals surface area contributed by atoms with E-state index in [4.69, 9.17) is 14.2 Å². The van der Waals surface area contributed by atoms with Crippen molar-refractivity contribution in [2.75, 3.05) is 14.2 Å². The first-order valence-electron chi connectivity index (χ1n) is 9.71. The lowest BCUT2D eigenvalue weighted by Crippen LogP contribution is -2.28. The number of aromatic nitrogens is 1. The van der Waals surface area contributed by atoms with E-state index >= 15 is 0 Å². The van der Waals surface area contributed by atoms with E-state index in [1.807, 2.05) is 61.5 Å². The van der Waals surface area contributed by atoms with E-state index in [1.165, 1.54) is 0 Å². The molecule has 0 spiro atoms. The fraction of sp³-hybridized carbons (Fsp3) is 0.250. The van der Waals surface area contributed by atoms with Crippen LogP contribution in [0.1, 0.15) is 29.7 Å². The summed E-state index contributed by atoms with van der Waals surface area (Å²) in [5, 5.41) is 3.03. The van der Waals surface area contributed by atoms with Gasteiger partial charge in [0.15, 0.2) is 11.5 Å². The molecule has 6 heteroatoms. The Morgan fingerprint density at radius 1 is 0.967 bits per heavy atom. The highest BCUT2D eigenvalue weighted by molar-refractivity contribution is 5.79. The average molecular weight is 406 g/mol. The van der Waals surface area contributed by atoms with Crippen molar-refractivity contribution in [2.24, 2.45) is 0 Å². The standard InChI is InChI=1S/C24H26N2O4/c1-17(26-24(27)14-19-5-4-6-21(13-19)28-2)20-7-8-22(23(15-20)29-3)30-16-18-9-11-25-12-10-18/h4-13,15,17H,14,16H2,1-3H3,(H,26,27). The molecular weight excluding hydrogens is 380 g/mol. The summed E-state index contributed by atoms with van der Waals surface area (Å²) in [5.41, 5.74) is 2.85. The second-order valence-electron chi connectivity index (χ2n) is 6.87. The van der Waals surface area contributed by atoms with Crippen molar-refractivity contribution in [3.05, 3.63) is 83.7 Å². The summed E-state index contributed by atoms with van der Waals surface area (Å²) in [6.07, 6.45) is 3.75. The summed E-state index contributed by atoms with van der Waals surface area (Å²) < 4.78 is 16.6. The highest BCUT2D eigenvalue weighted by atomic mass is 16.5. The van der Waals surface area contributed by atoms with Crippen LogP contribution in [0.25, 0.3) is 0 Å². The number of rotatable bonds is 9. The molecule has 3 rings (SSSR count). The van der Waals surface area contributed by atoms with Crippen molar-refractivity contribution in [1.82, 2.24) is 10.3 Å². The van der Waals surface area contributed by atoms with E-state index in [0.29, 0.717) is 18.1 Å². The van der Waals surface area contributed by atoms with Gasteiger partial charge in [-0.3, -0.25) is 9.78 Å². The van der Waals surface area contributed by atoms with Gasteiger partial charge in [0.25, 0.3) is 0 Å². The van der Waals surface area contributed by atoms with Gasteiger partial charge in [-0.25, -0.2) is 0 Å². The number of amides is 1. The van der Waals surface area contributed by atoms with Crippen molar-refractivity contribution >= 4 is 5.91 Å². The van der Waals surface area contributed by atoms with Crippen molar-refractivity contribution in [3.63, 3.8) is 0 Å². The van der Waals surface area contributed by atoms with Crippen LogP contribution in [0, 0.1) is 0 Å². The molecular formula is C24H26N2O4. The van der Waals surface area contributed by atoms with E-state index in [1.54, 1.807) is 26.6 Å². The molecule has 0 saturated heterocycles. The smallest absolute Gasteiger partial charge is 0.224 e. The minimum absolute atomic E-state index is 0.0623. The quantitative estimate of drug-likeness (QED) is 0.579. The molecule has 0 aliphatic heterocycles. The lowest BCUT2D eigenvalue weighted by molar-refractivity contribution is -0.121. The Balaban J connectivity index is 1.62. The van der Waals surface area contributed by atoms with Crippen LogP contribution in [0.3, 0.4) is 0 Å². The predicted molar refractivity (Wildman–Crippen MR) is 115 cm³/mol. The summed E-state index contributed by atoms with van der Waals surface area (Å²) in [4.78, 5) is 16.5. The highest BCUT2D eigenvalue weighted by Crippen LogP contribution is 2.31. The molecule has 156 valence electrons. The van der Waals surface area contributed by atoms with Gasteiger partial charge in [0.2, 0.25) is 5.91 Å². The minimum atomic E-state index is -0.175. The first kappa shape index (κ1) is 21.2. The molecule has 1 unspecified atom stereocenters. The monoisotopic (exact) mass is 406 g/mol. The van der Waals surface area contributed by atoms with E-state index in [2.05, 4.69) is 10.3 Å². The van der Waals surface area contributed by atoms with Crippen LogP contribution in [0.2, 0.25) is 0 Å². The first-order valence-corrected chi connectivity index (χ1v) is 9.71. The van der Waals surface area contributed by atoms with Gasteiger partial charge in [-0.05, 0) is 60.0 Å². The Morgan fingerprint density at radius 2 is 1.77 bits per heavy atom. The molecule has 30 heavy (non-hydrogen) atoms. The summed E-state index contributed by atoms with van der Waals surface area (Å²) in [6.45, 7) is 2.36. The molecule has 6 nitrogen and oxygen atoms in total. The summed E-state index contributed by atoms with van der Waals surface area (Å²) in [7, 11) is 3.21. The number of nitrogens with one attached hydrogen (secondary N) is 1. The molecule has 1 amide bonds. The number of carbonyl (C=O) groups excluding carboxylic acids is 1. The maximum absolute atomic E-state index is 12.5. The third-order valence-electron chi connectivity index (χ3n) is 4.71. The maximum Gasteiger partial charge on any atom is 0.224 e. The highest BCUT2D eigenvalue weighted by Gasteiger charge is 2.14. The van der Waals surface area contributed by atoms with Crippen LogP contribution in [0.5, 0.6) is 17.2 Å². The Kier molecular flexibility index (Phi) is 7.27. The molecule has 0 aliphatic carbocycles. The van der Waals surface area contributed by atoms with Crippen molar-refractivity contribution < 1.29 is 19.0 Å². The zero-order valence-corrected chi connectivity index (χ0v) is 17.4. The fourth-order valence-electron chi connectivity index (χ4n) is 3.06. The Morgan fingerprint density at radius 3 is 2.50 bits per heavy atom. The molecule has 1 N–H and O–H groups in total. The fourth-order valence-corrected chi connectivity index (χ4v) is 3.06. The zero-order chi connectivity index (χ0) is 21.3. The number of benzene rings is 2. The maximum atomic E-state index is 12.5. The van der Waals surface area contributed by atoms with Gasteiger partial charge in [-0.2, -0.15) is 0 Å². The van der Waals surface area contributed by atoms with Crippen LogP contribution in [-0.4, -0.2) is 25.1 Å². The number of pyridine rings is 1. The van der Waals surface area contributed by atoms with Gasteiger partial charge in [0.05, 0.1) is 26.7 Å². The number of methoxy groups -OCH3 is 2. The molecule has 0 aliphatic rings. The first-order chi connectivity index (χ1) is 14.6. The molecule has 0 bridgehead atoms. The zero-order valence-electron chi connectivity index (χ0n) is 17.4. The molecule has 3 aromatic rings.